The van der Waals surface area contributed by atoms with Crippen LogP contribution in [0.5, 0.6) is 0 Å². The highest BCUT2D eigenvalue weighted by Gasteiger charge is 2.23. The van der Waals surface area contributed by atoms with Crippen LogP contribution in [0.3, 0.4) is 0 Å². The smallest absolute Gasteiger partial charge is 0.0881 e. The van der Waals surface area contributed by atoms with Gasteiger partial charge in [0.05, 0.1) is 6.10 Å². The Morgan fingerprint density at radius 2 is 1.57 bits per heavy atom. The normalized spacial score (nSPS) is 14.2. The first-order valence-corrected chi connectivity index (χ1v) is 8.06. The first-order chi connectivity index (χ1) is 10.0. The van der Waals surface area contributed by atoms with Gasteiger partial charge in [-0.15, -0.1) is 0 Å². The predicted octanol–water partition coefficient (Wildman–Crippen LogP) is 4.35. The van der Waals surface area contributed by atoms with E-state index >= 15 is 0 Å². The Hall–Kier alpha value is -1.16. The number of hydrogen-bond acceptors (Lipinski definition) is 2. The highest BCUT2D eigenvalue weighted by atomic mass is 79.9. The average molecular weight is 348 g/mol. The van der Waals surface area contributed by atoms with E-state index < -0.39 is 6.10 Å². The van der Waals surface area contributed by atoms with Gasteiger partial charge in [-0.1, -0.05) is 72.2 Å². The van der Waals surface area contributed by atoms with Gasteiger partial charge in [0, 0.05) is 16.9 Å². The minimum atomic E-state index is -0.615. The minimum Gasteiger partial charge on any atom is -0.388 e. The van der Waals surface area contributed by atoms with E-state index in [1.165, 1.54) is 5.56 Å². The van der Waals surface area contributed by atoms with Crippen LogP contribution in [0.4, 0.5) is 0 Å². The van der Waals surface area contributed by atoms with Crippen LogP contribution >= 0.6 is 15.9 Å². The van der Waals surface area contributed by atoms with Crippen molar-refractivity contribution in [3.63, 3.8) is 0 Å². The van der Waals surface area contributed by atoms with Crippen LogP contribution in [0.15, 0.2) is 53.0 Å². The first kappa shape index (κ1) is 16.2. The molecule has 0 radical (unpaired) electrons. The van der Waals surface area contributed by atoms with Crippen LogP contribution in [-0.2, 0) is 0 Å². The first-order valence-electron chi connectivity index (χ1n) is 7.27. The molecule has 2 nitrogen and oxygen atoms in total. The largest absolute Gasteiger partial charge is 0.388 e. The Bertz CT molecular complexity index is 580. The SMILES string of the molecule is CC(C)c1ccc(C(CN)C(O)c2ccccc2Br)cc1. The van der Waals surface area contributed by atoms with Crippen molar-refractivity contribution < 1.29 is 5.11 Å². The van der Waals surface area contributed by atoms with Crippen LogP contribution in [0, 0.1) is 0 Å². The van der Waals surface area contributed by atoms with Crippen molar-refractivity contribution in [2.24, 2.45) is 5.73 Å². The molecule has 2 aromatic rings. The molecule has 3 heteroatoms. The molecule has 0 aliphatic carbocycles. The molecule has 0 saturated heterocycles. The van der Waals surface area contributed by atoms with Gasteiger partial charge >= 0.3 is 0 Å². The number of benzene rings is 2. The predicted molar refractivity (Wildman–Crippen MR) is 91.4 cm³/mol. The fourth-order valence-electron chi connectivity index (χ4n) is 2.51. The molecule has 0 fully saturated rings. The summed E-state index contributed by atoms with van der Waals surface area (Å²) in [5.74, 6) is 0.397. The average Bonchev–Trinajstić information content (AvgIpc) is 2.49. The Labute approximate surface area is 135 Å². The van der Waals surface area contributed by atoms with Crippen molar-refractivity contribution in [2.75, 3.05) is 6.54 Å². The highest BCUT2D eigenvalue weighted by Crippen LogP contribution is 2.34. The summed E-state index contributed by atoms with van der Waals surface area (Å²) in [7, 11) is 0. The van der Waals surface area contributed by atoms with E-state index in [9.17, 15) is 5.11 Å². The van der Waals surface area contributed by atoms with Crippen LogP contribution in [0.1, 0.15) is 48.5 Å². The van der Waals surface area contributed by atoms with Crippen LogP contribution in [0.2, 0.25) is 0 Å². The molecule has 0 saturated carbocycles. The van der Waals surface area contributed by atoms with Gasteiger partial charge in [-0.2, -0.15) is 0 Å². The number of halogens is 1. The molecular formula is C18H22BrNO. The number of aliphatic hydroxyl groups excluding tert-OH is 1. The summed E-state index contributed by atoms with van der Waals surface area (Å²) in [5.41, 5.74) is 9.16. The summed E-state index contributed by atoms with van der Waals surface area (Å²) in [6.07, 6.45) is -0.615. The number of rotatable bonds is 5. The zero-order valence-corrected chi connectivity index (χ0v) is 14.0. The molecule has 0 spiro atoms. The van der Waals surface area contributed by atoms with Gasteiger partial charge < -0.3 is 10.8 Å². The summed E-state index contributed by atoms with van der Waals surface area (Å²) in [5, 5.41) is 10.7. The maximum atomic E-state index is 10.7. The molecule has 2 unspecified atom stereocenters. The van der Waals surface area contributed by atoms with E-state index in [4.69, 9.17) is 5.73 Å². The minimum absolute atomic E-state index is 0.107. The Morgan fingerprint density at radius 1 is 1.00 bits per heavy atom. The van der Waals surface area contributed by atoms with Gasteiger partial charge in [-0.25, -0.2) is 0 Å². The topological polar surface area (TPSA) is 46.2 Å². The van der Waals surface area contributed by atoms with E-state index in [2.05, 4.69) is 54.0 Å². The van der Waals surface area contributed by atoms with E-state index in [0.717, 1.165) is 15.6 Å². The highest BCUT2D eigenvalue weighted by molar-refractivity contribution is 9.10. The van der Waals surface area contributed by atoms with Crippen LogP contribution in [-0.4, -0.2) is 11.7 Å². The number of nitrogens with two attached hydrogens (primary N) is 1. The molecule has 0 aliphatic rings. The Balaban J connectivity index is 2.29. The second-order valence-electron chi connectivity index (χ2n) is 5.63. The van der Waals surface area contributed by atoms with Crippen molar-refractivity contribution in [3.8, 4) is 0 Å². The fraction of sp³-hybridized carbons (Fsp3) is 0.333. The zero-order chi connectivity index (χ0) is 15.4. The van der Waals surface area contributed by atoms with Gasteiger partial charge in [-0.3, -0.25) is 0 Å². The summed E-state index contributed by atoms with van der Waals surface area (Å²) >= 11 is 3.50. The summed E-state index contributed by atoms with van der Waals surface area (Å²) < 4.78 is 0.912. The standard InChI is InChI=1S/C18H22BrNO/c1-12(2)13-7-9-14(10-8-13)16(11-20)18(21)15-5-3-4-6-17(15)19/h3-10,12,16,18,21H,11,20H2,1-2H3. The van der Waals surface area contributed by atoms with E-state index in [-0.39, 0.29) is 5.92 Å². The number of hydrogen-bond donors (Lipinski definition) is 2. The monoisotopic (exact) mass is 347 g/mol. The van der Waals surface area contributed by atoms with E-state index in [0.29, 0.717) is 12.5 Å². The van der Waals surface area contributed by atoms with Crippen molar-refractivity contribution >= 4 is 15.9 Å². The van der Waals surface area contributed by atoms with Crippen molar-refractivity contribution in [3.05, 3.63) is 69.7 Å². The zero-order valence-electron chi connectivity index (χ0n) is 12.5. The van der Waals surface area contributed by atoms with Crippen molar-refractivity contribution in [2.45, 2.75) is 31.8 Å². The Kier molecular flexibility index (Phi) is 5.57. The quantitative estimate of drug-likeness (QED) is 0.844. The van der Waals surface area contributed by atoms with Crippen molar-refractivity contribution in [1.82, 2.24) is 0 Å². The lowest BCUT2D eigenvalue weighted by Gasteiger charge is -2.23. The number of aliphatic hydroxyl groups is 1. The fourth-order valence-corrected chi connectivity index (χ4v) is 3.03. The molecule has 2 rings (SSSR count). The summed E-state index contributed by atoms with van der Waals surface area (Å²) in [6.45, 7) is 4.75. The maximum Gasteiger partial charge on any atom is 0.0881 e. The van der Waals surface area contributed by atoms with E-state index in [1.807, 2.05) is 24.3 Å². The van der Waals surface area contributed by atoms with Gasteiger partial charge in [0.2, 0.25) is 0 Å². The molecule has 0 heterocycles. The third-order valence-corrected chi connectivity index (χ3v) is 4.61. The molecule has 3 N–H and O–H groups in total. The van der Waals surface area contributed by atoms with Crippen molar-refractivity contribution in [1.29, 1.82) is 0 Å². The summed E-state index contributed by atoms with van der Waals surface area (Å²) in [4.78, 5) is 0. The molecule has 0 aliphatic heterocycles. The molecule has 2 aromatic carbocycles. The summed E-state index contributed by atoms with van der Waals surface area (Å²) in [6, 6.07) is 16.1. The lowest BCUT2D eigenvalue weighted by Crippen LogP contribution is -2.20. The molecule has 21 heavy (non-hydrogen) atoms. The second-order valence-corrected chi connectivity index (χ2v) is 6.48. The van der Waals surface area contributed by atoms with Gasteiger partial charge in [0.15, 0.2) is 0 Å². The molecule has 0 bridgehead atoms. The third-order valence-electron chi connectivity index (χ3n) is 3.89. The van der Waals surface area contributed by atoms with Crippen LogP contribution < -0.4 is 5.73 Å². The lowest BCUT2D eigenvalue weighted by atomic mass is 9.88. The van der Waals surface area contributed by atoms with Crippen LogP contribution in [0.25, 0.3) is 0 Å². The van der Waals surface area contributed by atoms with Gasteiger partial charge in [0.25, 0.3) is 0 Å². The maximum absolute atomic E-state index is 10.7. The Morgan fingerprint density at radius 3 is 2.10 bits per heavy atom. The molecule has 0 aromatic heterocycles. The van der Waals surface area contributed by atoms with Gasteiger partial charge in [0.1, 0.15) is 0 Å². The molecule has 112 valence electrons. The molecular weight excluding hydrogens is 326 g/mol. The van der Waals surface area contributed by atoms with E-state index in [1.54, 1.807) is 0 Å². The second kappa shape index (κ2) is 7.21. The third kappa shape index (κ3) is 3.73. The molecule has 0 amide bonds. The lowest BCUT2D eigenvalue weighted by molar-refractivity contribution is 0.146. The molecule has 2 atom stereocenters. The van der Waals surface area contributed by atoms with Gasteiger partial charge in [-0.05, 0) is 28.7 Å².